The lowest BCUT2D eigenvalue weighted by Crippen LogP contribution is -2.40. The zero-order chi connectivity index (χ0) is 24.3. The molecule has 0 bridgehead atoms. The molecule has 0 saturated carbocycles. The lowest BCUT2D eigenvalue weighted by Gasteiger charge is -2.38. The SMILES string of the molecule is COc1cc2c(cc1OC)[C@@H](c1cccc(C(F)(F)F)c1)N(C(=O)CCc1ccccc1)CC2. The van der Waals surface area contributed by atoms with Crippen molar-refractivity contribution < 1.29 is 27.4 Å². The van der Waals surface area contributed by atoms with Crippen molar-refractivity contribution >= 4 is 5.91 Å². The van der Waals surface area contributed by atoms with E-state index in [0.717, 1.165) is 28.8 Å². The molecular formula is C27H26F3NO3. The van der Waals surface area contributed by atoms with Gasteiger partial charge >= 0.3 is 6.18 Å². The molecule has 34 heavy (non-hydrogen) atoms. The lowest BCUT2D eigenvalue weighted by atomic mass is 9.86. The molecule has 4 rings (SSSR count). The third kappa shape index (κ3) is 4.88. The molecule has 1 amide bonds. The highest BCUT2D eigenvalue weighted by atomic mass is 19.4. The summed E-state index contributed by atoms with van der Waals surface area (Å²) in [4.78, 5) is 15.1. The van der Waals surface area contributed by atoms with Gasteiger partial charge in [0.05, 0.1) is 25.8 Å². The second kappa shape index (κ2) is 9.79. The Bertz CT molecular complexity index is 1160. The number of ether oxygens (including phenoxy) is 2. The van der Waals surface area contributed by atoms with Crippen LogP contribution < -0.4 is 9.47 Å². The number of benzene rings is 3. The van der Waals surface area contributed by atoms with Crippen LogP contribution in [0.25, 0.3) is 0 Å². The number of halogens is 3. The number of amides is 1. The predicted octanol–water partition coefficient (Wildman–Crippen LogP) is 5.83. The summed E-state index contributed by atoms with van der Waals surface area (Å²) in [5.74, 6) is 0.913. The molecule has 3 aromatic carbocycles. The maximum Gasteiger partial charge on any atom is 0.416 e. The van der Waals surface area contributed by atoms with Gasteiger partial charge in [0.2, 0.25) is 5.91 Å². The number of alkyl halides is 3. The Labute approximate surface area is 196 Å². The maximum atomic E-state index is 13.5. The molecule has 0 aromatic heterocycles. The molecule has 1 aliphatic heterocycles. The van der Waals surface area contributed by atoms with Gasteiger partial charge in [0.25, 0.3) is 0 Å². The minimum Gasteiger partial charge on any atom is -0.493 e. The molecule has 3 aromatic rings. The van der Waals surface area contributed by atoms with Crippen molar-refractivity contribution in [3.63, 3.8) is 0 Å². The summed E-state index contributed by atoms with van der Waals surface area (Å²) in [5.41, 5.74) is 2.38. The van der Waals surface area contributed by atoms with Crippen molar-refractivity contribution in [2.75, 3.05) is 20.8 Å². The fraction of sp³-hybridized carbons (Fsp3) is 0.296. The first kappa shape index (κ1) is 23.7. The summed E-state index contributed by atoms with van der Waals surface area (Å²) in [7, 11) is 3.05. The van der Waals surface area contributed by atoms with E-state index in [1.807, 2.05) is 36.4 Å². The van der Waals surface area contributed by atoms with Crippen LogP contribution in [0.2, 0.25) is 0 Å². The van der Waals surface area contributed by atoms with Crippen molar-refractivity contribution in [1.82, 2.24) is 4.90 Å². The highest BCUT2D eigenvalue weighted by molar-refractivity contribution is 5.78. The third-order valence-corrected chi connectivity index (χ3v) is 6.19. The predicted molar refractivity (Wildman–Crippen MR) is 123 cm³/mol. The molecule has 1 heterocycles. The topological polar surface area (TPSA) is 38.8 Å². The van der Waals surface area contributed by atoms with Crippen molar-refractivity contribution in [2.24, 2.45) is 0 Å². The number of hydrogen-bond acceptors (Lipinski definition) is 3. The van der Waals surface area contributed by atoms with Crippen LogP contribution in [0.15, 0.2) is 66.7 Å². The van der Waals surface area contributed by atoms with E-state index in [4.69, 9.17) is 9.47 Å². The van der Waals surface area contributed by atoms with Gasteiger partial charge in [0, 0.05) is 13.0 Å². The number of fused-ring (bicyclic) bond motifs is 1. The quantitative estimate of drug-likeness (QED) is 0.456. The minimum absolute atomic E-state index is 0.105. The number of hydrogen-bond donors (Lipinski definition) is 0. The number of methoxy groups -OCH3 is 2. The van der Waals surface area contributed by atoms with Gasteiger partial charge in [-0.15, -0.1) is 0 Å². The van der Waals surface area contributed by atoms with Crippen molar-refractivity contribution in [2.45, 2.75) is 31.5 Å². The van der Waals surface area contributed by atoms with E-state index in [9.17, 15) is 18.0 Å². The summed E-state index contributed by atoms with van der Waals surface area (Å²) < 4.78 is 51.4. The van der Waals surface area contributed by atoms with E-state index in [1.54, 1.807) is 17.0 Å². The molecule has 4 nitrogen and oxygen atoms in total. The average Bonchev–Trinajstić information content (AvgIpc) is 2.85. The molecule has 0 spiro atoms. The number of aryl methyl sites for hydroxylation is 1. The smallest absolute Gasteiger partial charge is 0.416 e. The molecule has 0 unspecified atom stereocenters. The molecular weight excluding hydrogens is 443 g/mol. The largest absolute Gasteiger partial charge is 0.493 e. The zero-order valence-electron chi connectivity index (χ0n) is 19.1. The van der Waals surface area contributed by atoms with Crippen molar-refractivity contribution in [3.8, 4) is 11.5 Å². The van der Waals surface area contributed by atoms with Crippen LogP contribution in [0.4, 0.5) is 13.2 Å². The van der Waals surface area contributed by atoms with E-state index in [2.05, 4.69) is 0 Å². The third-order valence-electron chi connectivity index (χ3n) is 6.19. The van der Waals surface area contributed by atoms with Crippen LogP contribution in [0.3, 0.4) is 0 Å². The second-order valence-corrected chi connectivity index (χ2v) is 8.25. The molecule has 0 N–H and O–H groups in total. The van der Waals surface area contributed by atoms with Gasteiger partial charge in [0.1, 0.15) is 0 Å². The number of carbonyl (C=O) groups excluding carboxylic acids is 1. The van der Waals surface area contributed by atoms with Crippen LogP contribution in [-0.2, 0) is 23.8 Å². The molecule has 0 radical (unpaired) electrons. The van der Waals surface area contributed by atoms with Crippen molar-refractivity contribution in [3.05, 3.63) is 94.5 Å². The molecule has 7 heteroatoms. The summed E-state index contributed by atoms with van der Waals surface area (Å²) >= 11 is 0. The maximum absolute atomic E-state index is 13.5. The zero-order valence-corrected chi connectivity index (χ0v) is 19.1. The molecule has 1 atom stereocenters. The van der Waals surface area contributed by atoms with E-state index < -0.39 is 17.8 Å². The summed E-state index contributed by atoms with van der Waals surface area (Å²) in [6, 6.07) is 17.8. The Hall–Kier alpha value is -3.48. The monoisotopic (exact) mass is 469 g/mol. The normalized spacial score (nSPS) is 15.6. The molecule has 178 valence electrons. The highest BCUT2D eigenvalue weighted by Crippen LogP contribution is 2.42. The first-order chi connectivity index (χ1) is 16.3. The van der Waals surface area contributed by atoms with Crippen molar-refractivity contribution in [1.29, 1.82) is 0 Å². The van der Waals surface area contributed by atoms with Gasteiger partial charge in [0.15, 0.2) is 11.5 Å². The number of rotatable bonds is 6. The summed E-state index contributed by atoms with van der Waals surface area (Å²) in [5, 5.41) is 0. The van der Waals surface area contributed by atoms with Crippen LogP contribution in [-0.4, -0.2) is 31.6 Å². The summed E-state index contributed by atoms with van der Waals surface area (Å²) in [6.45, 7) is 0.400. The van der Waals surface area contributed by atoms with Gasteiger partial charge < -0.3 is 14.4 Å². The van der Waals surface area contributed by atoms with Gasteiger partial charge in [-0.1, -0.05) is 42.5 Å². The fourth-order valence-electron chi connectivity index (χ4n) is 4.50. The Balaban J connectivity index is 1.75. The van der Waals surface area contributed by atoms with Gasteiger partial charge in [-0.2, -0.15) is 13.2 Å². The number of nitrogens with zero attached hydrogens (tertiary/aromatic N) is 1. The molecule has 0 saturated heterocycles. The lowest BCUT2D eigenvalue weighted by molar-refractivity contribution is -0.137. The van der Waals surface area contributed by atoms with Gasteiger partial charge in [-0.25, -0.2) is 0 Å². The fourth-order valence-corrected chi connectivity index (χ4v) is 4.50. The number of carbonyl (C=O) groups is 1. The van der Waals surface area contributed by atoms with Crippen LogP contribution in [0, 0.1) is 0 Å². The molecule has 0 fully saturated rings. The van der Waals surface area contributed by atoms with Crippen LogP contribution in [0.1, 0.15) is 40.3 Å². The Morgan fingerprint density at radius 3 is 2.35 bits per heavy atom. The first-order valence-electron chi connectivity index (χ1n) is 11.1. The average molecular weight is 470 g/mol. The highest BCUT2D eigenvalue weighted by Gasteiger charge is 2.36. The Morgan fingerprint density at radius 1 is 0.971 bits per heavy atom. The molecule has 0 aliphatic carbocycles. The Morgan fingerprint density at radius 2 is 1.68 bits per heavy atom. The Kier molecular flexibility index (Phi) is 6.82. The van der Waals surface area contributed by atoms with Crippen LogP contribution in [0.5, 0.6) is 11.5 Å². The van der Waals surface area contributed by atoms with E-state index in [0.29, 0.717) is 36.4 Å². The van der Waals surface area contributed by atoms with E-state index in [-0.39, 0.29) is 12.3 Å². The summed E-state index contributed by atoms with van der Waals surface area (Å²) in [6.07, 6.45) is -3.08. The van der Waals surface area contributed by atoms with E-state index >= 15 is 0 Å². The standard InChI is InChI=1S/C27H26F3NO3/c1-33-23-16-19-13-14-31(25(32)12-11-18-7-4-3-5-8-18)26(22(19)17-24(23)34-2)20-9-6-10-21(15-20)27(28,29)30/h3-10,15-17,26H,11-14H2,1-2H3/t26-/m1/s1. The minimum atomic E-state index is -4.48. The second-order valence-electron chi connectivity index (χ2n) is 8.25. The van der Waals surface area contributed by atoms with Gasteiger partial charge in [-0.05, 0) is 59.4 Å². The van der Waals surface area contributed by atoms with Crippen LogP contribution >= 0.6 is 0 Å². The molecule has 1 aliphatic rings. The first-order valence-corrected chi connectivity index (χ1v) is 11.1. The van der Waals surface area contributed by atoms with E-state index in [1.165, 1.54) is 20.3 Å². The van der Waals surface area contributed by atoms with Gasteiger partial charge in [-0.3, -0.25) is 4.79 Å².